The number of hydrogen-bond acceptors (Lipinski definition) is 5. The Balaban J connectivity index is 2.23. The molecule has 1 saturated heterocycles. The fourth-order valence-electron chi connectivity index (χ4n) is 2.62. The maximum Gasteiger partial charge on any atom is 0.246 e. The second-order valence-corrected chi connectivity index (χ2v) is 7.61. The third-order valence-corrected chi connectivity index (χ3v) is 6.14. The molecule has 2 rings (SSSR count). The predicted octanol–water partition coefficient (Wildman–Crippen LogP) is 1.06. The number of carbonyl (C=O) groups excluding carboxylic acids is 1. The summed E-state index contributed by atoms with van der Waals surface area (Å²) >= 11 is 0. The van der Waals surface area contributed by atoms with E-state index in [0.717, 1.165) is 11.1 Å². The number of benzene rings is 1. The van der Waals surface area contributed by atoms with Gasteiger partial charge in [0.05, 0.1) is 13.2 Å². The molecule has 1 amide bonds. The molecule has 1 aliphatic rings. The highest BCUT2D eigenvalue weighted by molar-refractivity contribution is 7.89. The number of aryl methyl sites for hydroxylation is 2. The van der Waals surface area contributed by atoms with Crippen LogP contribution in [0.15, 0.2) is 17.0 Å². The number of nitriles is 1. The molecule has 0 N–H and O–H groups in total. The van der Waals surface area contributed by atoms with Crippen molar-refractivity contribution in [2.75, 3.05) is 33.3 Å². The number of sulfonamides is 1. The molecule has 0 bridgehead atoms. The van der Waals surface area contributed by atoms with E-state index in [2.05, 4.69) is 0 Å². The molecule has 1 heterocycles. The lowest BCUT2D eigenvalue weighted by molar-refractivity contribution is -0.131. The van der Waals surface area contributed by atoms with Crippen molar-refractivity contribution in [3.8, 4) is 11.8 Å². The van der Waals surface area contributed by atoms with E-state index in [1.165, 1.54) is 16.3 Å². The molecule has 0 spiro atoms. The largest absolute Gasteiger partial charge is 0.495 e. The Morgan fingerprint density at radius 3 is 2.33 bits per heavy atom. The van der Waals surface area contributed by atoms with Crippen molar-refractivity contribution >= 4 is 15.9 Å². The van der Waals surface area contributed by atoms with Crippen LogP contribution < -0.4 is 4.74 Å². The summed E-state index contributed by atoms with van der Waals surface area (Å²) in [5.74, 6) is 0.0550. The third-order valence-electron chi connectivity index (χ3n) is 4.22. The molecule has 7 nitrogen and oxygen atoms in total. The maximum atomic E-state index is 12.9. The normalized spacial score (nSPS) is 15.8. The Morgan fingerprint density at radius 2 is 1.79 bits per heavy atom. The monoisotopic (exact) mass is 351 g/mol. The Hall–Kier alpha value is -2.11. The van der Waals surface area contributed by atoms with E-state index in [-0.39, 0.29) is 43.4 Å². The number of nitrogens with zero attached hydrogens (tertiary/aromatic N) is 3. The average Bonchev–Trinajstić information content (AvgIpc) is 2.57. The molecule has 130 valence electrons. The summed E-state index contributed by atoms with van der Waals surface area (Å²) in [6.45, 7) is 4.73. The molecular weight excluding hydrogens is 330 g/mol. The second kappa shape index (κ2) is 7.20. The fraction of sp³-hybridized carbons (Fsp3) is 0.500. The van der Waals surface area contributed by atoms with Crippen LogP contribution >= 0.6 is 0 Å². The van der Waals surface area contributed by atoms with Gasteiger partial charge in [0.15, 0.2) is 0 Å². The van der Waals surface area contributed by atoms with E-state index in [9.17, 15) is 13.2 Å². The molecular formula is C16H21N3O4S. The highest BCUT2D eigenvalue weighted by atomic mass is 32.2. The van der Waals surface area contributed by atoms with Crippen molar-refractivity contribution in [1.29, 1.82) is 5.26 Å². The second-order valence-electron chi connectivity index (χ2n) is 5.71. The molecule has 0 aromatic heterocycles. The molecule has 1 aromatic rings. The van der Waals surface area contributed by atoms with Crippen molar-refractivity contribution in [1.82, 2.24) is 9.21 Å². The van der Waals surface area contributed by atoms with E-state index in [4.69, 9.17) is 10.00 Å². The van der Waals surface area contributed by atoms with Gasteiger partial charge in [-0.25, -0.2) is 8.42 Å². The van der Waals surface area contributed by atoms with Crippen molar-refractivity contribution in [3.63, 3.8) is 0 Å². The number of rotatable bonds is 4. The number of ether oxygens (including phenoxy) is 1. The molecule has 0 unspecified atom stereocenters. The van der Waals surface area contributed by atoms with Crippen LogP contribution in [0.3, 0.4) is 0 Å². The van der Waals surface area contributed by atoms with E-state index >= 15 is 0 Å². The van der Waals surface area contributed by atoms with Crippen LogP contribution in [-0.2, 0) is 14.8 Å². The van der Waals surface area contributed by atoms with Crippen LogP contribution in [0.25, 0.3) is 0 Å². The molecule has 1 aromatic carbocycles. The minimum atomic E-state index is -3.70. The highest BCUT2D eigenvalue weighted by Crippen LogP contribution is 2.30. The van der Waals surface area contributed by atoms with Crippen LogP contribution in [0.2, 0.25) is 0 Å². The van der Waals surface area contributed by atoms with Gasteiger partial charge in [0, 0.05) is 26.2 Å². The minimum Gasteiger partial charge on any atom is -0.495 e. The van der Waals surface area contributed by atoms with E-state index in [0.29, 0.717) is 5.75 Å². The first-order valence-corrected chi connectivity index (χ1v) is 9.05. The summed E-state index contributed by atoms with van der Waals surface area (Å²) in [6.07, 6.45) is -0.183. The van der Waals surface area contributed by atoms with Gasteiger partial charge in [0.1, 0.15) is 17.1 Å². The Bertz CT molecular complexity index is 775. The molecule has 0 atom stereocenters. The zero-order valence-corrected chi connectivity index (χ0v) is 14.9. The molecule has 1 fully saturated rings. The zero-order valence-electron chi connectivity index (χ0n) is 14.1. The number of piperazine rings is 1. The first kappa shape index (κ1) is 18.2. The van der Waals surface area contributed by atoms with Crippen LogP contribution in [-0.4, -0.2) is 56.8 Å². The SMILES string of the molecule is COc1cc(C)c(C)cc1S(=O)(=O)N1CCN(C(=O)CC#N)CC1. The van der Waals surface area contributed by atoms with Gasteiger partial charge in [0.25, 0.3) is 0 Å². The molecule has 0 aliphatic carbocycles. The summed E-state index contributed by atoms with van der Waals surface area (Å²) < 4.78 is 32.4. The van der Waals surface area contributed by atoms with E-state index in [1.807, 2.05) is 19.9 Å². The Kier molecular flexibility index (Phi) is 5.47. The molecule has 1 aliphatic heterocycles. The zero-order chi connectivity index (χ0) is 17.9. The summed E-state index contributed by atoms with van der Waals surface area (Å²) in [5.41, 5.74) is 1.83. The smallest absolute Gasteiger partial charge is 0.246 e. The van der Waals surface area contributed by atoms with Crippen molar-refractivity contribution < 1.29 is 17.9 Å². The van der Waals surface area contributed by atoms with Gasteiger partial charge in [-0.1, -0.05) is 0 Å². The maximum absolute atomic E-state index is 12.9. The van der Waals surface area contributed by atoms with Crippen LogP contribution in [0.4, 0.5) is 0 Å². The number of hydrogen-bond donors (Lipinski definition) is 0. The Morgan fingerprint density at radius 1 is 1.21 bits per heavy atom. The number of carbonyl (C=O) groups is 1. The Labute approximate surface area is 142 Å². The summed E-state index contributed by atoms with van der Waals surface area (Å²) in [7, 11) is -2.25. The topological polar surface area (TPSA) is 90.7 Å². The lowest BCUT2D eigenvalue weighted by atomic mass is 10.1. The van der Waals surface area contributed by atoms with E-state index < -0.39 is 10.0 Å². The van der Waals surface area contributed by atoms with Gasteiger partial charge in [0.2, 0.25) is 15.9 Å². The van der Waals surface area contributed by atoms with Gasteiger partial charge in [-0.3, -0.25) is 4.79 Å². The minimum absolute atomic E-state index is 0.143. The average molecular weight is 351 g/mol. The lowest BCUT2D eigenvalue weighted by Gasteiger charge is -2.34. The standard InChI is InChI=1S/C16H21N3O4S/c1-12-10-14(23-3)15(11-13(12)2)24(21,22)19-8-6-18(7-9-19)16(20)4-5-17/h10-11H,4,6-9H2,1-3H3. The summed E-state index contributed by atoms with van der Waals surface area (Å²) in [4.78, 5) is 13.4. The van der Waals surface area contributed by atoms with Gasteiger partial charge in [-0.2, -0.15) is 9.57 Å². The number of amides is 1. The summed E-state index contributed by atoms with van der Waals surface area (Å²) in [6, 6.07) is 5.16. The fourth-order valence-corrected chi connectivity index (χ4v) is 4.27. The first-order chi connectivity index (χ1) is 11.3. The van der Waals surface area contributed by atoms with Crippen molar-refractivity contribution in [2.45, 2.75) is 25.2 Å². The van der Waals surface area contributed by atoms with Crippen molar-refractivity contribution in [2.24, 2.45) is 0 Å². The van der Waals surface area contributed by atoms with Gasteiger partial charge < -0.3 is 9.64 Å². The van der Waals surface area contributed by atoms with Gasteiger partial charge >= 0.3 is 0 Å². The summed E-state index contributed by atoms with van der Waals surface area (Å²) in [5, 5.41) is 8.59. The van der Waals surface area contributed by atoms with Crippen LogP contribution in [0, 0.1) is 25.2 Å². The highest BCUT2D eigenvalue weighted by Gasteiger charge is 2.32. The van der Waals surface area contributed by atoms with Crippen LogP contribution in [0.1, 0.15) is 17.5 Å². The molecule has 24 heavy (non-hydrogen) atoms. The third kappa shape index (κ3) is 3.52. The van der Waals surface area contributed by atoms with Crippen molar-refractivity contribution in [3.05, 3.63) is 23.3 Å². The van der Waals surface area contributed by atoms with Gasteiger partial charge in [-0.15, -0.1) is 0 Å². The quantitative estimate of drug-likeness (QED) is 0.809. The molecule has 0 radical (unpaired) electrons. The number of methoxy groups -OCH3 is 1. The van der Waals surface area contributed by atoms with Gasteiger partial charge in [-0.05, 0) is 37.1 Å². The molecule has 0 saturated carbocycles. The predicted molar refractivity (Wildman–Crippen MR) is 88.0 cm³/mol. The molecule has 8 heteroatoms. The van der Waals surface area contributed by atoms with Crippen LogP contribution in [0.5, 0.6) is 5.75 Å². The van der Waals surface area contributed by atoms with E-state index in [1.54, 1.807) is 12.1 Å². The lowest BCUT2D eigenvalue weighted by Crippen LogP contribution is -2.50. The first-order valence-electron chi connectivity index (χ1n) is 7.61.